The number of carboxylic acids is 1. The summed E-state index contributed by atoms with van der Waals surface area (Å²) in [6.45, 7) is 1.82. The highest BCUT2D eigenvalue weighted by molar-refractivity contribution is 7.92. The quantitative estimate of drug-likeness (QED) is 0.516. The van der Waals surface area contributed by atoms with Crippen LogP contribution >= 0.6 is 0 Å². The number of nitrogens with one attached hydrogen (secondary N) is 1. The molecular weight excluding hydrogens is 446 g/mol. The lowest BCUT2D eigenvalue weighted by Crippen LogP contribution is -2.18. The molecule has 0 aliphatic heterocycles. The maximum Gasteiger partial charge on any atom is 0.312 e. The predicted octanol–water partition coefficient (Wildman–Crippen LogP) is 4.11. The third kappa shape index (κ3) is 4.68. The van der Waals surface area contributed by atoms with Gasteiger partial charge in [0.05, 0.1) is 5.25 Å². The number of amides is 1. The van der Waals surface area contributed by atoms with Crippen LogP contribution in [0.2, 0.25) is 0 Å². The van der Waals surface area contributed by atoms with Crippen molar-refractivity contribution in [3.8, 4) is 17.2 Å². The predicted molar refractivity (Wildman–Crippen MR) is 122 cm³/mol. The molecule has 0 radical (unpaired) electrons. The lowest BCUT2D eigenvalue weighted by atomic mass is 10.0. The van der Waals surface area contributed by atoms with E-state index < -0.39 is 33.4 Å². The molecule has 3 N–H and O–H groups in total. The molecule has 1 saturated carbocycles. The number of carboxylic acid groups (broad SMARTS) is 1. The van der Waals surface area contributed by atoms with Crippen LogP contribution in [0.25, 0.3) is 0 Å². The molecule has 9 heteroatoms. The standard InChI is InChI=1S/C24H27NO7S/c1-14-11-19(25-22(27)13-23(28)29)17-7-4-8-18(17)24(14)32-15-9-10-20(26)21(12-15)33(30,31)16-5-2-3-6-16/h9-12,16,26H,2-8,13H2,1H3,(H,25,27)(H,28,29). The molecule has 0 unspecified atom stereocenters. The van der Waals surface area contributed by atoms with Crippen molar-refractivity contribution >= 4 is 27.4 Å². The minimum Gasteiger partial charge on any atom is -0.507 e. The molecule has 8 nitrogen and oxygen atoms in total. The van der Waals surface area contributed by atoms with Gasteiger partial charge < -0.3 is 20.3 Å². The Hall–Kier alpha value is -3.07. The molecule has 33 heavy (non-hydrogen) atoms. The zero-order chi connectivity index (χ0) is 23.8. The van der Waals surface area contributed by atoms with Crippen LogP contribution in [0.1, 0.15) is 55.2 Å². The van der Waals surface area contributed by atoms with Crippen LogP contribution in [0, 0.1) is 6.92 Å². The summed E-state index contributed by atoms with van der Waals surface area (Å²) >= 11 is 0. The molecular formula is C24H27NO7S. The Kier molecular flexibility index (Phi) is 6.34. The SMILES string of the molecule is Cc1cc(NC(=O)CC(=O)O)c2c(c1Oc1ccc(O)c(S(=O)(=O)C3CCCC3)c1)CCC2. The number of hydrogen-bond donors (Lipinski definition) is 3. The van der Waals surface area contributed by atoms with E-state index in [1.54, 1.807) is 6.07 Å². The molecule has 0 heterocycles. The van der Waals surface area contributed by atoms with Gasteiger partial charge in [0.2, 0.25) is 5.91 Å². The summed E-state index contributed by atoms with van der Waals surface area (Å²) in [5, 5.41) is 21.3. The van der Waals surface area contributed by atoms with Gasteiger partial charge in [0.25, 0.3) is 0 Å². The van der Waals surface area contributed by atoms with Gasteiger partial charge in [-0.1, -0.05) is 12.8 Å². The number of phenols is 1. The van der Waals surface area contributed by atoms with Crippen LogP contribution < -0.4 is 10.1 Å². The van der Waals surface area contributed by atoms with Crippen molar-refractivity contribution in [1.82, 2.24) is 0 Å². The van der Waals surface area contributed by atoms with E-state index in [9.17, 15) is 23.1 Å². The number of ether oxygens (including phenoxy) is 1. The average Bonchev–Trinajstić information content (AvgIpc) is 3.44. The summed E-state index contributed by atoms with van der Waals surface area (Å²) in [4.78, 5) is 22.7. The molecule has 2 aliphatic carbocycles. The fourth-order valence-electron chi connectivity index (χ4n) is 4.77. The first-order valence-corrected chi connectivity index (χ1v) is 12.6. The van der Waals surface area contributed by atoms with Crippen molar-refractivity contribution in [2.75, 3.05) is 5.32 Å². The minimum absolute atomic E-state index is 0.112. The third-order valence-corrected chi connectivity index (χ3v) is 8.61. The van der Waals surface area contributed by atoms with Gasteiger partial charge >= 0.3 is 5.97 Å². The van der Waals surface area contributed by atoms with Crippen molar-refractivity contribution in [3.05, 3.63) is 41.0 Å². The van der Waals surface area contributed by atoms with Crippen molar-refractivity contribution in [1.29, 1.82) is 0 Å². The van der Waals surface area contributed by atoms with Crippen LogP contribution in [0.15, 0.2) is 29.2 Å². The Morgan fingerprint density at radius 3 is 2.48 bits per heavy atom. The number of aliphatic carboxylic acids is 1. The summed E-state index contributed by atoms with van der Waals surface area (Å²) in [6.07, 6.45) is 4.59. The Labute approximate surface area is 192 Å². The summed E-state index contributed by atoms with van der Waals surface area (Å²) in [7, 11) is -3.66. The number of phenolic OH excluding ortho intramolecular Hbond substituents is 1. The van der Waals surface area contributed by atoms with E-state index in [1.165, 1.54) is 18.2 Å². The molecule has 176 valence electrons. The number of aryl methyl sites for hydroxylation is 1. The molecule has 0 spiro atoms. The van der Waals surface area contributed by atoms with Gasteiger partial charge in [-0.15, -0.1) is 0 Å². The average molecular weight is 474 g/mol. The maximum atomic E-state index is 13.0. The van der Waals surface area contributed by atoms with E-state index in [0.717, 1.165) is 42.4 Å². The summed E-state index contributed by atoms with van der Waals surface area (Å²) in [5.74, 6) is -1.17. The molecule has 1 amide bonds. The lowest BCUT2D eigenvalue weighted by molar-refractivity contribution is -0.139. The van der Waals surface area contributed by atoms with Gasteiger partial charge in [0.1, 0.15) is 28.6 Å². The van der Waals surface area contributed by atoms with Gasteiger partial charge in [0.15, 0.2) is 9.84 Å². The number of anilines is 1. The van der Waals surface area contributed by atoms with Crippen LogP contribution in [0.4, 0.5) is 5.69 Å². The van der Waals surface area contributed by atoms with Gasteiger partial charge in [-0.2, -0.15) is 0 Å². The third-order valence-electron chi connectivity index (χ3n) is 6.32. The minimum atomic E-state index is -3.66. The van der Waals surface area contributed by atoms with E-state index in [0.29, 0.717) is 36.4 Å². The maximum absolute atomic E-state index is 13.0. The van der Waals surface area contributed by atoms with Gasteiger partial charge in [-0.3, -0.25) is 9.59 Å². The second-order valence-corrected chi connectivity index (χ2v) is 10.9. The first-order chi connectivity index (χ1) is 15.7. The fraction of sp³-hybridized carbons (Fsp3) is 0.417. The normalized spacial score (nSPS) is 15.9. The second-order valence-electron chi connectivity index (χ2n) is 8.68. The van der Waals surface area contributed by atoms with E-state index in [4.69, 9.17) is 9.84 Å². The number of benzene rings is 2. The number of aromatic hydroxyl groups is 1. The first-order valence-electron chi connectivity index (χ1n) is 11.1. The monoisotopic (exact) mass is 473 g/mol. The number of sulfone groups is 1. The van der Waals surface area contributed by atoms with Crippen molar-refractivity contribution < 1.29 is 33.0 Å². The van der Waals surface area contributed by atoms with E-state index in [2.05, 4.69) is 5.32 Å². The molecule has 0 aromatic heterocycles. The van der Waals surface area contributed by atoms with E-state index in [-0.39, 0.29) is 10.6 Å². The number of fused-ring (bicyclic) bond motifs is 1. The molecule has 4 rings (SSSR count). The second kappa shape index (κ2) is 9.05. The van der Waals surface area contributed by atoms with Crippen molar-refractivity contribution in [2.24, 2.45) is 0 Å². The smallest absolute Gasteiger partial charge is 0.312 e. The molecule has 1 fully saturated rings. The van der Waals surface area contributed by atoms with E-state index in [1.807, 2.05) is 6.92 Å². The Morgan fingerprint density at radius 1 is 1.09 bits per heavy atom. The molecule has 0 atom stereocenters. The Balaban J connectivity index is 1.66. The number of carbonyl (C=O) groups is 2. The largest absolute Gasteiger partial charge is 0.507 e. The molecule has 0 bridgehead atoms. The van der Waals surface area contributed by atoms with Gasteiger partial charge in [0, 0.05) is 17.3 Å². The molecule has 2 aliphatic rings. The molecule has 2 aromatic rings. The van der Waals surface area contributed by atoms with Crippen LogP contribution in [-0.4, -0.2) is 35.8 Å². The van der Waals surface area contributed by atoms with Crippen molar-refractivity contribution in [3.63, 3.8) is 0 Å². The number of rotatable bonds is 7. The van der Waals surface area contributed by atoms with Gasteiger partial charge in [-0.05, 0) is 68.4 Å². The lowest BCUT2D eigenvalue weighted by Gasteiger charge is -2.18. The van der Waals surface area contributed by atoms with Crippen LogP contribution in [0.3, 0.4) is 0 Å². The summed E-state index contributed by atoms with van der Waals surface area (Å²) in [6, 6.07) is 6.00. The zero-order valence-electron chi connectivity index (χ0n) is 18.4. The van der Waals surface area contributed by atoms with Crippen LogP contribution in [0.5, 0.6) is 17.2 Å². The summed E-state index contributed by atoms with van der Waals surface area (Å²) in [5.41, 5.74) is 3.11. The van der Waals surface area contributed by atoms with Crippen molar-refractivity contribution in [2.45, 2.75) is 68.4 Å². The summed E-state index contributed by atoms with van der Waals surface area (Å²) < 4.78 is 32.2. The van der Waals surface area contributed by atoms with E-state index >= 15 is 0 Å². The number of hydrogen-bond acceptors (Lipinski definition) is 6. The fourth-order valence-corrected chi connectivity index (χ4v) is 6.72. The highest BCUT2D eigenvalue weighted by Gasteiger charge is 2.33. The molecule has 2 aromatic carbocycles. The molecule has 0 saturated heterocycles. The Morgan fingerprint density at radius 2 is 1.79 bits per heavy atom. The highest BCUT2D eigenvalue weighted by Crippen LogP contribution is 2.42. The first kappa shape index (κ1) is 23.1. The number of carbonyl (C=O) groups excluding carboxylic acids is 1. The van der Waals surface area contributed by atoms with Crippen LogP contribution in [-0.2, 0) is 32.3 Å². The Bertz CT molecular complexity index is 1210. The topological polar surface area (TPSA) is 130 Å². The highest BCUT2D eigenvalue weighted by atomic mass is 32.2. The van der Waals surface area contributed by atoms with Gasteiger partial charge in [-0.25, -0.2) is 8.42 Å². The zero-order valence-corrected chi connectivity index (χ0v) is 19.2.